The molecular weight excluding hydrogens is 401 g/mol. The maximum atomic E-state index is 12.7. The summed E-state index contributed by atoms with van der Waals surface area (Å²) in [5.41, 5.74) is 8.01. The molecule has 2 amide bonds. The molecule has 2 aromatic rings. The van der Waals surface area contributed by atoms with E-state index in [0.29, 0.717) is 40.7 Å². The topological polar surface area (TPSA) is 84.7 Å². The Bertz CT molecular complexity index is 874. The first-order valence-corrected chi connectivity index (χ1v) is 9.17. The van der Waals surface area contributed by atoms with Gasteiger partial charge in [0.1, 0.15) is 5.75 Å². The zero-order valence-corrected chi connectivity index (χ0v) is 17.1. The van der Waals surface area contributed by atoms with E-state index in [2.05, 4.69) is 5.32 Å². The van der Waals surface area contributed by atoms with Gasteiger partial charge in [0.2, 0.25) is 5.91 Å². The Kier molecular flexibility index (Phi) is 7.54. The summed E-state index contributed by atoms with van der Waals surface area (Å²) in [7, 11) is 1.47. The average Bonchev–Trinajstić information content (AvgIpc) is 2.65. The van der Waals surface area contributed by atoms with E-state index in [1.165, 1.54) is 19.2 Å². The molecule has 3 N–H and O–H groups in total. The molecule has 1 fully saturated rings. The molecule has 0 atom stereocenters. The number of nitrogens with one attached hydrogen (secondary N) is 1. The van der Waals surface area contributed by atoms with Crippen LogP contribution in [0, 0.1) is 0 Å². The standard InChI is InChI=1S/C20H22ClN3O3.ClH/c1-27-18-11-17(22)16(21)10-15(18)20(26)23-14-6-4-5-13(9-14)12-24-8-3-2-7-19(24)25;/h4-6,9-11H,2-3,7-8,12,22H2,1H3,(H,23,26);1H. The van der Waals surface area contributed by atoms with Crippen LogP contribution in [0.2, 0.25) is 5.02 Å². The van der Waals surface area contributed by atoms with Crippen LogP contribution in [0.25, 0.3) is 0 Å². The molecule has 3 rings (SSSR count). The van der Waals surface area contributed by atoms with Crippen molar-refractivity contribution < 1.29 is 14.3 Å². The number of halogens is 2. The number of piperidine rings is 1. The third kappa shape index (κ3) is 5.09. The van der Waals surface area contributed by atoms with E-state index in [1.807, 2.05) is 23.1 Å². The number of benzene rings is 2. The summed E-state index contributed by atoms with van der Waals surface area (Å²) in [5, 5.41) is 3.14. The minimum Gasteiger partial charge on any atom is -0.496 e. The fraction of sp³-hybridized carbons (Fsp3) is 0.300. The van der Waals surface area contributed by atoms with Gasteiger partial charge in [-0.3, -0.25) is 9.59 Å². The van der Waals surface area contributed by atoms with Crippen molar-refractivity contribution in [2.75, 3.05) is 24.7 Å². The van der Waals surface area contributed by atoms with E-state index >= 15 is 0 Å². The summed E-state index contributed by atoms with van der Waals surface area (Å²) in [6.07, 6.45) is 2.59. The monoisotopic (exact) mass is 423 g/mol. The summed E-state index contributed by atoms with van der Waals surface area (Å²) in [5.74, 6) is 0.182. The lowest BCUT2D eigenvalue weighted by Gasteiger charge is -2.26. The van der Waals surface area contributed by atoms with Crippen LogP contribution in [0.4, 0.5) is 11.4 Å². The molecule has 1 heterocycles. The fourth-order valence-corrected chi connectivity index (χ4v) is 3.27. The normalized spacial score (nSPS) is 13.6. The number of carbonyl (C=O) groups is 2. The van der Waals surface area contributed by atoms with Gasteiger partial charge in [0.05, 0.1) is 23.4 Å². The van der Waals surface area contributed by atoms with Crippen molar-refractivity contribution in [3.05, 3.63) is 52.5 Å². The second-order valence-corrected chi connectivity index (χ2v) is 6.91. The minimum atomic E-state index is -0.347. The molecule has 0 spiro atoms. The van der Waals surface area contributed by atoms with E-state index < -0.39 is 0 Å². The van der Waals surface area contributed by atoms with Crippen LogP contribution in [-0.2, 0) is 11.3 Å². The number of rotatable bonds is 5. The lowest BCUT2D eigenvalue weighted by molar-refractivity contribution is -0.133. The first-order valence-electron chi connectivity index (χ1n) is 8.79. The zero-order chi connectivity index (χ0) is 19.4. The Balaban J connectivity index is 0.00000280. The van der Waals surface area contributed by atoms with Gasteiger partial charge in [0.15, 0.2) is 0 Å². The van der Waals surface area contributed by atoms with Gasteiger partial charge in [-0.25, -0.2) is 0 Å². The number of nitrogens with zero attached hydrogens (tertiary/aromatic N) is 1. The lowest BCUT2D eigenvalue weighted by Crippen LogP contribution is -2.34. The molecule has 0 aliphatic carbocycles. The van der Waals surface area contributed by atoms with Gasteiger partial charge in [-0.05, 0) is 36.6 Å². The highest BCUT2D eigenvalue weighted by atomic mass is 35.5. The average molecular weight is 424 g/mol. The molecular formula is C20H23Cl2N3O3. The number of likely N-dealkylation sites (tertiary alicyclic amines) is 1. The molecule has 1 aliphatic heterocycles. The quantitative estimate of drug-likeness (QED) is 0.708. The molecule has 8 heteroatoms. The maximum absolute atomic E-state index is 12.7. The van der Waals surface area contributed by atoms with Crippen LogP contribution >= 0.6 is 24.0 Å². The number of hydrogen-bond donors (Lipinski definition) is 2. The van der Waals surface area contributed by atoms with Crippen LogP contribution in [0.3, 0.4) is 0 Å². The molecule has 0 saturated carbocycles. The Morgan fingerprint density at radius 2 is 2.07 bits per heavy atom. The summed E-state index contributed by atoms with van der Waals surface area (Å²) in [6, 6.07) is 10.5. The molecule has 6 nitrogen and oxygen atoms in total. The molecule has 0 radical (unpaired) electrons. The third-order valence-electron chi connectivity index (χ3n) is 4.54. The number of nitrogen functional groups attached to an aromatic ring is 1. The predicted molar refractivity (Wildman–Crippen MR) is 113 cm³/mol. The highest BCUT2D eigenvalue weighted by molar-refractivity contribution is 6.33. The van der Waals surface area contributed by atoms with Crippen molar-refractivity contribution in [1.82, 2.24) is 4.90 Å². The van der Waals surface area contributed by atoms with Gasteiger partial charge in [-0.15, -0.1) is 12.4 Å². The van der Waals surface area contributed by atoms with Crippen molar-refractivity contribution >= 4 is 47.2 Å². The maximum Gasteiger partial charge on any atom is 0.259 e. The summed E-state index contributed by atoms with van der Waals surface area (Å²) >= 11 is 6.04. The molecule has 0 bridgehead atoms. The molecule has 0 unspecified atom stereocenters. The highest BCUT2D eigenvalue weighted by Gasteiger charge is 2.19. The van der Waals surface area contributed by atoms with Crippen molar-refractivity contribution in [3.63, 3.8) is 0 Å². The summed E-state index contributed by atoms with van der Waals surface area (Å²) < 4.78 is 5.23. The Morgan fingerprint density at radius 3 is 2.79 bits per heavy atom. The van der Waals surface area contributed by atoms with E-state index in [0.717, 1.165) is 24.9 Å². The number of carbonyl (C=O) groups excluding carboxylic acids is 2. The molecule has 2 aromatic carbocycles. The highest BCUT2D eigenvalue weighted by Crippen LogP contribution is 2.29. The second kappa shape index (κ2) is 9.66. The van der Waals surface area contributed by atoms with Gasteiger partial charge >= 0.3 is 0 Å². The number of ether oxygens (including phenoxy) is 1. The number of nitrogens with two attached hydrogens (primary N) is 1. The number of methoxy groups -OCH3 is 1. The molecule has 150 valence electrons. The van der Waals surface area contributed by atoms with Gasteiger partial charge < -0.3 is 20.7 Å². The van der Waals surface area contributed by atoms with E-state index in [-0.39, 0.29) is 24.2 Å². The van der Waals surface area contributed by atoms with Crippen LogP contribution in [0.15, 0.2) is 36.4 Å². The van der Waals surface area contributed by atoms with E-state index in [1.54, 1.807) is 6.07 Å². The molecule has 1 saturated heterocycles. The van der Waals surface area contributed by atoms with Gasteiger partial charge in [-0.2, -0.15) is 0 Å². The van der Waals surface area contributed by atoms with Crippen LogP contribution in [0.1, 0.15) is 35.2 Å². The van der Waals surface area contributed by atoms with Crippen molar-refractivity contribution in [2.24, 2.45) is 0 Å². The first kappa shape index (κ1) is 21.9. The zero-order valence-electron chi connectivity index (χ0n) is 15.5. The first-order chi connectivity index (χ1) is 13.0. The van der Waals surface area contributed by atoms with Gasteiger partial charge in [-0.1, -0.05) is 23.7 Å². The molecule has 28 heavy (non-hydrogen) atoms. The van der Waals surface area contributed by atoms with Crippen LogP contribution in [-0.4, -0.2) is 30.4 Å². The molecule has 0 aromatic heterocycles. The van der Waals surface area contributed by atoms with Crippen LogP contribution in [0.5, 0.6) is 5.75 Å². The van der Waals surface area contributed by atoms with Crippen molar-refractivity contribution in [3.8, 4) is 5.75 Å². The number of hydrogen-bond acceptors (Lipinski definition) is 4. The van der Waals surface area contributed by atoms with E-state index in [9.17, 15) is 9.59 Å². The third-order valence-corrected chi connectivity index (χ3v) is 4.87. The predicted octanol–water partition coefficient (Wildman–Crippen LogP) is 4.12. The smallest absolute Gasteiger partial charge is 0.259 e. The van der Waals surface area contributed by atoms with Crippen molar-refractivity contribution in [2.45, 2.75) is 25.8 Å². The Hall–Kier alpha value is -2.44. The van der Waals surface area contributed by atoms with Crippen LogP contribution < -0.4 is 15.8 Å². The number of amides is 2. The minimum absolute atomic E-state index is 0. The summed E-state index contributed by atoms with van der Waals surface area (Å²) in [4.78, 5) is 26.5. The SMILES string of the molecule is COc1cc(N)c(Cl)cc1C(=O)Nc1cccc(CN2CCCCC2=O)c1.Cl. The van der Waals surface area contributed by atoms with Crippen molar-refractivity contribution in [1.29, 1.82) is 0 Å². The fourth-order valence-electron chi connectivity index (χ4n) is 3.11. The number of anilines is 2. The van der Waals surface area contributed by atoms with E-state index in [4.69, 9.17) is 22.1 Å². The van der Waals surface area contributed by atoms with Gasteiger partial charge in [0, 0.05) is 31.3 Å². The Morgan fingerprint density at radius 1 is 1.29 bits per heavy atom. The summed E-state index contributed by atoms with van der Waals surface area (Å²) in [6.45, 7) is 1.32. The lowest BCUT2D eigenvalue weighted by atomic mass is 10.1. The largest absolute Gasteiger partial charge is 0.496 e. The Labute approximate surface area is 175 Å². The molecule has 1 aliphatic rings. The second-order valence-electron chi connectivity index (χ2n) is 6.50. The van der Waals surface area contributed by atoms with Gasteiger partial charge in [0.25, 0.3) is 5.91 Å².